The van der Waals surface area contributed by atoms with Crippen molar-refractivity contribution in [3.8, 4) is 5.75 Å². The molecule has 0 aliphatic carbocycles. The molecular weight excluding hydrogens is 322 g/mol. The summed E-state index contributed by atoms with van der Waals surface area (Å²) >= 11 is 5.94. The second-order valence-electron chi connectivity index (χ2n) is 6.24. The van der Waals surface area contributed by atoms with E-state index in [1.54, 1.807) is 31.2 Å². The summed E-state index contributed by atoms with van der Waals surface area (Å²) in [7, 11) is 0. The van der Waals surface area contributed by atoms with Crippen molar-refractivity contribution >= 4 is 17.5 Å². The first-order valence-electron chi connectivity index (χ1n) is 8.08. The van der Waals surface area contributed by atoms with E-state index in [0.717, 1.165) is 5.56 Å². The predicted octanol–water partition coefficient (Wildman–Crippen LogP) is 4.91. The maximum Gasteiger partial charge on any atom is 0.261 e. The van der Waals surface area contributed by atoms with Crippen LogP contribution in [0.3, 0.4) is 0 Å². The van der Waals surface area contributed by atoms with Crippen LogP contribution >= 0.6 is 11.6 Å². The lowest BCUT2D eigenvalue weighted by molar-refractivity contribution is -0.127. The summed E-state index contributed by atoms with van der Waals surface area (Å²) in [5, 5.41) is 3.60. The van der Waals surface area contributed by atoms with Crippen LogP contribution < -0.4 is 10.1 Å². The highest BCUT2D eigenvalue weighted by Crippen LogP contribution is 2.22. The Morgan fingerprint density at radius 1 is 1.04 bits per heavy atom. The minimum atomic E-state index is -0.599. The number of amides is 1. The van der Waals surface area contributed by atoms with E-state index in [9.17, 15) is 4.79 Å². The van der Waals surface area contributed by atoms with Crippen LogP contribution in [0.25, 0.3) is 0 Å². The average molecular weight is 346 g/mol. The Kier molecular flexibility index (Phi) is 5.89. The number of halogens is 1. The number of hydrogen-bond donors (Lipinski definition) is 1. The van der Waals surface area contributed by atoms with Gasteiger partial charge in [0.2, 0.25) is 0 Å². The lowest BCUT2D eigenvalue weighted by Gasteiger charge is -2.21. The molecule has 1 N–H and O–H groups in total. The summed E-state index contributed by atoms with van der Waals surface area (Å²) in [6.45, 7) is 9.96. The molecule has 2 atom stereocenters. The van der Waals surface area contributed by atoms with E-state index in [2.05, 4.69) is 38.2 Å². The van der Waals surface area contributed by atoms with E-state index in [4.69, 9.17) is 16.3 Å². The summed E-state index contributed by atoms with van der Waals surface area (Å²) in [4.78, 5) is 12.4. The second-order valence-corrected chi connectivity index (χ2v) is 6.68. The second kappa shape index (κ2) is 7.71. The molecule has 4 heteroatoms. The molecule has 0 saturated heterocycles. The van der Waals surface area contributed by atoms with Crippen molar-refractivity contribution in [2.24, 2.45) is 0 Å². The number of rotatable bonds is 5. The van der Waals surface area contributed by atoms with Crippen LogP contribution in [0.4, 0.5) is 0 Å². The smallest absolute Gasteiger partial charge is 0.261 e. The maximum absolute atomic E-state index is 12.4. The third kappa shape index (κ3) is 4.51. The van der Waals surface area contributed by atoms with Crippen molar-refractivity contribution < 1.29 is 9.53 Å². The minimum Gasteiger partial charge on any atom is -0.481 e. The number of aryl methyl sites for hydroxylation is 3. The van der Waals surface area contributed by atoms with Crippen LogP contribution in [0.1, 0.15) is 42.1 Å². The van der Waals surface area contributed by atoms with E-state index >= 15 is 0 Å². The summed E-state index contributed by atoms with van der Waals surface area (Å²) in [6, 6.07) is 11.3. The molecule has 1 amide bonds. The number of nitrogens with one attached hydrogen (secondary N) is 1. The van der Waals surface area contributed by atoms with Gasteiger partial charge in [0.15, 0.2) is 6.10 Å². The zero-order valence-corrected chi connectivity index (χ0v) is 15.6. The van der Waals surface area contributed by atoms with E-state index in [1.165, 1.54) is 16.7 Å². The molecule has 128 valence electrons. The Bertz CT molecular complexity index is 742. The molecule has 0 aromatic heterocycles. The van der Waals surface area contributed by atoms with Crippen molar-refractivity contribution in [2.75, 3.05) is 0 Å². The SMILES string of the molecule is Cc1cc(C)c([C@@H](C)NC(=O)[C@H](C)Oc2cccc(Cl)c2)cc1C. The van der Waals surface area contributed by atoms with Gasteiger partial charge >= 0.3 is 0 Å². The Balaban J connectivity index is 2.04. The Labute approximate surface area is 149 Å². The van der Waals surface area contributed by atoms with Gasteiger partial charge in [-0.2, -0.15) is 0 Å². The van der Waals surface area contributed by atoms with Gasteiger partial charge in [-0.1, -0.05) is 29.8 Å². The van der Waals surface area contributed by atoms with Gasteiger partial charge in [-0.05, 0) is 75.1 Å². The normalized spacial score (nSPS) is 13.2. The Morgan fingerprint density at radius 3 is 2.38 bits per heavy atom. The van der Waals surface area contributed by atoms with Crippen molar-refractivity contribution in [1.82, 2.24) is 5.32 Å². The number of carbonyl (C=O) groups is 1. The topological polar surface area (TPSA) is 38.3 Å². The van der Waals surface area contributed by atoms with Crippen LogP contribution in [-0.4, -0.2) is 12.0 Å². The summed E-state index contributed by atoms with van der Waals surface area (Å²) in [5.74, 6) is 0.431. The fraction of sp³-hybridized carbons (Fsp3) is 0.350. The van der Waals surface area contributed by atoms with Crippen LogP contribution in [-0.2, 0) is 4.79 Å². The predicted molar refractivity (Wildman–Crippen MR) is 98.8 cm³/mol. The first-order chi connectivity index (χ1) is 11.3. The Morgan fingerprint density at radius 2 is 1.71 bits per heavy atom. The van der Waals surface area contributed by atoms with Gasteiger partial charge in [0.1, 0.15) is 5.75 Å². The Hall–Kier alpha value is -2.00. The molecule has 0 unspecified atom stereocenters. The average Bonchev–Trinajstić information content (AvgIpc) is 2.50. The molecule has 0 spiro atoms. The van der Waals surface area contributed by atoms with E-state index in [0.29, 0.717) is 10.8 Å². The first kappa shape index (κ1) is 18.3. The summed E-state index contributed by atoms with van der Waals surface area (Å²) in [5.41, 5.74) is 4.78. The molecule has 0 radical (unpaired) electrons. The number of benzene rings is 2. The lowest BCUT2D eigenvalue weighted by atomic mass is 9.96. The van der Waals surface area contributed by atoms with Crippen molar-refractivity contribution in [2.45, 2.75) is 46.8 Å². The highest BCUT2D eigenvalue weighted by Gasteiger charge is 2.19. The standard InChI is InChI=1S/C20H24ClNO2/c1-12-9-14(3)19(10-13(12)2)15(4)22-20(23)16(5)24-18-8-6-7-17(21)11-18/h6-11,15-16H,1-5H3,(H,22,23)/t15-,16+/m1/s1. The summed E-state index contributed by atoms with van der Waals surface area (Å²) < 4.78 is 5.67. The molecule has 2 aromatic carbocycles. The molecular formula is C20H24ClNO2. The highest BCUT2D eigenvalue weighted by atomic mass is 35.5. The molecule has 0 aliphatic rings. The van der Waals surface area contributed by atoms with Crippen molar-refractivity contribution in [3.63, 3.8) is 0 Å². The molecule has 0 aliphatic heterocycles. The number of ether oxygens (including phenoxy) is 1. The largest absolute Gasteiger partial charge is 0.481 e. The van der Waals surface area contributed by atoms with Crippen molar-refractivity contribution in [3.05, 3.63) is 63.7 Å². The fourth-order valence-corrected chi connectivity index (χ4v) is 2.84. The highest BCUT2D eigenvalue weighted by molar-refractivity contribution is 6.30. The van der Waals surface area contributed by atoms with Crippen LogP contribution in [0.5, 0.6) is 5.75 Å². The molecule has 3 nitrogen and oxygen atoms in total. The molecule has 2 aromatic rings. The van der Waals surface area contributed by atoms with Gasteiger partial charge in [-0.3, -0.25) is 4.79 Å². The van der Waals surface area contributed by atoms with E-state index in [-0.39, 0.29) is 11.9 Å². The van der Waals surface area contributed by atoms with Gasteiger partial charge in [-0.15, -0.1) is 0 Å². The molecule has 0 saturated carbocycles. The van der Waals surface area contributed by atoms with Crippen LogP contribution in [0, 0.1) is 20.8 Å². The quantitative estimate of drug-likeness (QED) is 0.836. The molecule has 0 fully saturated rings. The number of hydrogen-bond acceptors (Lipinski definition) is 2. The fourth-order valence-electron chi connectivity index (χ4n) is 2.66. The molecule has 0 bridgehead atoms. The zero-order chi connectivity index (χ0) is 17.9. The molecule has 2 rings (SSSR count). The lowest BCUT2D eigenvalue weighted by Crippen LogP contribution is -2.38. The third-order valence-corrected chi connectivity index (χ3v) is 4.42. The van der Waals surface area contributed by atoms with Crippen LogP contribution in [0.15, 0.2) is 36.4 Å². The van der Waals surface area contributed by atoms with Gasteiger partial charge < -0.3 is 10.1 Å². The van der Waals surface area contributed by atoms with Crippen molar-refractivity contribution in [1.29, 1.82) is 0 Å². The van der Waals surface area contributed by atoms with Gasteiger partial charge in [0.05, 0.1) is 6.04 Å². The van der Waals surface area contributed by atoms with Gasteiger partial charge in [0.25, 0.3) is 5.91 Å². The van der Waals surface area contributed by atoms with Crippen LogP contribution in [0.2, 0.25) is 5.02 Å². The maximum atomic E-state index is 12.4. The summed E-state index contributed by atoms with van der Waals surface area (Å²) in [6.07, 6.45) is -0.599. The molecule has 0 heterocycles. The van der Waals surface area contributed by atoms with Gasteiger partial charge in [-0.25, -0.2) is 0 Å². The van der Waals surface area contributed by atoms with E-state index < -0.39 is 6.10 Å². The number of carbonyl (C=O) groups excluding carboxylic acids is 1. The third-order valence-electron chi connectivity index (χ3n) is 4.19. The molecule has 24 heavy (non-hydrogen) atoms. The van der Waals surface area contributed by atoms with Gasteiger partial charge in [0, 0.05) is 5.02 Å². The monoisotopic (exact) mass is 345 g/mol. The van der Waals surface area contributed by atoms with E-state index in [1.807, 2.05) is 6.92 Å². The minimum absolute atomic E-state index is 0.0813. The zero-order valence-electron chi connectivity index (χ0n) is 14.8. The first-order valence-corrected chi connectivity index (χ1v) is 8.46.